The van der Waals surface area contributed by atoms with Crippen LogP contribution in [0.25, 0.3) is 87.3 Å². The summed E-state index contributed by atoms with van der Waals surface area (Å²) in [6.07, 6.45) is 0.878. The van der Waals surface area contributed by atoms with Crippen LogP contribution in [0.1, 0.15) is 36.1 Å². The summed E-state index contributed by atoms with van der Waals surface area (Å²) < 4.78 is 4.94. The maximum absolute atomic E-state index is 5.62. The van der Waals surface area contributed by atoms with Gasteiger partial charge in [-0.3, -0.25) is 4.99 Å². The molecule has 0 N–H and O–H groups in total. The van der Waals surface area contributed by atoms with Gasteiger partial charge in [-0.1, -0.05) is 165 Å². The quantitative estimate of drug-likeness (QED) is 0.160. The summed E-state index contributed by atoms with van der Waals surface area (Å²) in [6.45, 7) is 2.29. The Hall–Kier alpha value is -8.08. The number of hydrogen-bond donors (Lipinski definition) is 0. The average molecular weight is 819 g/mol. The molecule has 2 aromatic heterocycles. The van der Waals surface area contributed by atoms with Gasteiger partial charge in [0.05, 0.1) is 33.8 Å². The molecule has 12 aromatic rings. The normalized spacial score (nSPS) is 15.5. The summed E-state index contributed by atoms with van der Waals surface area (Å²) >= 11 is 0. The Morgan fingerprint density at radius 2 is 0.984 bits per heavy atom. The van der Waals surface area contributed by atoms with E-state index in [0.717, 1.165) is 46.0 Å². The molecule has 0 saturated carbocycles. The molecule has 0 spiro atoms. The Balaban J connectivity index is 1.09. The molecule has 4 nitrogen and oxygen atoms in total. The summed E-state index contributed by atoms with van der Waals surface area (Å²) in [4.78, 5) is 11.2. The minimum atomic E-state index is -0.126. The van der Waals surface area contributed by atoms with E-state index in [-0.39, 0.29) is 12.0 Å². The van der Waals surface area contributed by atoms with Crippen molar-refractivity contribution in [3.8, 4) is 11.4 Å². The van der Waals surface area contributed by atoms with E-state index in [0.29, 0.717) is 0 Å². The zero-order valence-electron chi connectivity index (χ0n) is 35.4. The highest BCUT2D eigenvalue weighted by atomic mass is 15.0. The number of para-hydroxylation sites is 2. The Morgan fingerprint density at radius 1 is 0.406 bits per heavy atom. The lowest BCUT2D eigenvalue weighted by molar-refractivity contribution is 0.536. The highest BCUT2D eigenvalue weighted by Crippen LogP contribution is 2.44. The summed E-state index contributed by atoms with van der Waals surface area (Å²) in [5.74, 6) is 0.806. The molecule has 0 amide bonds. The lowest BCUT2D eigenvalue weighted by Gasteiger charge is -2.31. The second-order valence-electron chi connectivity index (χ2n) is 17.2. The van der Waals surface area contributed by atoms with Crippen molar-refractivity contribution in [2.75, 3.05) is 0 Å². The van der Waals surface area contributed by atoms with Gasteiger partial charge < -0.3 is 9.13 Å². The number of aromatic nitrogens is 2. The Labute approximate surface area is 370 Å². The lowest BCUT2D eigenvalue weighted by Crippen LogP contribution is -2.28. The molecule has 1 aliphatic rings. The minimum absolute atomic E-state index is 0.0341. The van der Waals surface area contributed by atoms with Crippen molar-refractivity contribution in [3.63, 3.8) is 0 Å². The smallest absolute Gasteiger partial charge is 0.155 e. The maximum Gasteiger partial charge on any atom is 0.155 e. The number of rotatable bonds is 6. The predicted molar refractivity (Wildman–Crippen MR) is 270 cm³/mol. The molecule has 3 heterocycles. The molecule has 13 rings (SSSR count). The van der Waals surface area contributed by atoms with E-state index in [1.165, 1.54) is 76.0 Å². The van der Waals surface area contributed by atoms with E-state index < -0.39 is 0 Å². The topological polar surface area (TPSA) is 34.6 Å². The van der Waals surface area contributed by atoms with Gasteiger partial charge in [-0.2, -0.15) is 0 Å². The lowest BCUT2D eigenvalue weighted by atomic mass is 9.80. The maximum atomic E-state index is 5.62. The van der Waals surface area contributed by atoms with Crippen molar-refractivity contribution in [1.29, 1.82) is 0 Å². The SMILES string of the molecule is CCC1C(c2cc(-n3c4ccccc4c4cc5c6cc7ccccc7cc6n(-c6ccccc6)c5cc43)cc3ccccc23)=NC(c2ccccc2)=NC1c1cccc2ccccc12. The van der Waals surface area contributed by atoms with Crippen LogP contribution in [0, 0.1) is 5.92 Å². The molecule has 0 saturated heterocycles. The molecule has 0 bridgehead atoms. The van der Waals surface area contributed by atoms with E-state index in [2.05, 4.69) is 228 Å². The minimum Gasteiger partial charge on any atom is -0.309 e. The van der Waals surface area contributed by atoms with Crippen molar-refractivity contribution < 1.29 is 0 Å². The monoisotopic (exact) mass is 818 g/mol. The van der Waals surface area contributed by atoms with Gasteiger partial charge in [-0.05, 0) is 98.9 Å². The molecule has 2 unspecified atom stereocenters. The molecule has 2 atom stereocenters. The third-order valence-electron chi connectivity index (χ3n) is 13.7. The van der Waals surface area contributed by atoms with Crippen LogP contribution < -0.4 is 0 Å². The van der Waals surface area contributed by atoms with Crippen LogP contribution in [0.3, 0.4) is 0 Å². The van der Waals surface area contributed by atoms with E-state index >= 15 is 0 Å². The number of fused-ring (bicyclic) bond motifs is 9. The molecule has 0 aliphatic carbocycles. The third kappa shape index (κ3) is 5.62. The van der Waals surface area contributed by atoms with Crippen LogP contribution in [0.4, 0.5) is 0 Å². The Bertz CT molecular complexity index is 3880. The van der Waals surface area contributed by atoms with Crippen LogP contribution in [0.2, 0.25) is 0 Å². The first kappa shape index (κ1) is 36.6. The van der Waals surface area contributed by atoms with Gasteiger partial charge in [0.2, 0.25) is 0 Å². The highest BCUT2D eigenvalue weighted by molar-refractivity contribution is 6.22. The standard InChI is InChI=1S/C60H42N4/c1-2-45-58(49-30-17-24-38-18-11-13-27-46(38)49)61-60(39-19-5-3-6-20-39)62-59(45)53-35-44(32-42-23-12-14-28-47(42)53)64-54-31-16-15-29-48(54)51-36-52-50-33-40-21-9-10-22-41(40)34-55(50)63(57(52)37-56(51)64)43-25-7-4-8-26-43/h3-37,45,58H,2H2,1H3. The molecule has 0 fully saturated rings. The molecular weight excluding hydrogens is 777 g/mol. The molecule has 302 valence electrons. The summed E-state index contributed by atoms with van der Waals surface area (Å²) in [5, 5.41) is 12.3. The first-order chi connectivity index (χ1) is 31.7. The molecule has 64 heavy (non-hydrogen) atoms. The average Bonchev–Trinajstić information content (AvgIpc) is 3.85. The van der Waals surface area contributed by atoms with E-state index in [1.54, 1.807) is 0 Å². The second-order valence-corrected chi connectivity index (χ2v) is 17.2. The number of nitrogens with zero attached hydrogens (tertiary/aromatic N) is 4. The van der Waals surface area contributed by atoms with Crippen molar-refractivity contribution >= 4 is 87.5 Å². The number of aliphatic imine (C=N–C) groups is 2. The van der Waals surface area contributed by atoms with Gasteiger partial charge >= 0.3 is 0 Å². The number of amidine groups is 1. The van der Waals surface area contributed by atoms with Gasteiger partial charge in [-0.15, -0.1) is 0 Å². The first-order valence-corrected chi connectivity index (χ1v) is 22.4. The molecular formula is C60H42N4. The fraction of sp³-hybridized carbons (Fsp3) is 0.0667. The van der Waals surface area contributed by atoms with Gasteiger partial charge in [-0.25, -0.2) is 4.99 Å². The van der Waals surface area contributed by atoms with Crippen LogP contribution >= 0.6 is 0 Å². The zero-order valence-corrected chi connectivity index (χ0v) is 35.4. The van der Waals surface area contributed by atoms with Crippen LogP contribution in [0.5, 0.6) is 0 Å². The van der Waals surface area contributed by atoms with Gasteiger partial charge in [0, 0.05) is 50.0 Å². The highest BCUT2D eigenvalue weighted by Gasteiger charge is 2.34. The largest absolute Gasteiger partial charge is 0.309 e. The van der Waals surface area contributed by atoms with Gasteiger partial charge in [0.15, 0.2) is 5.84 Å². The fourth-order valence-electron chi connectivity index (χ4n) is 10.7. The van der Waals surface area contributed by atoms with Crippen LogP contribution in [-0.2, 0) is 0 Å². The summed E-state index contributed by atoms with van der Waals surface area (Å²) in [5.41, 5.74) is 11.4. The van der Waals surface area contributed by atoms with E-state index in [9.17, 15) is 0 Å². The molecule has 1 aliphatic heterocycles. The second kappa shape index (κ2) is 14.5. The van der Waals surface area contributed by atoms with Crippen LogP contribution in [0.15, 0.2) is 222 Å². The summed E-state index contributed by atoms with van der Waals surface area (Å²) in [7, 11) is 0. The van der Waals surface area contributed by atoms with Gasteiger partial charge in [0.25, 0.3) is 0 Å². The van der Waals surface area contributed by atoms with Crippen molar-refractivity contribution in [1.82, 2.24) is 9.13 Å². The first-order valence-electron chi connectivity index (χ1n) is 22.4. The third-order valence-corrected chi connectivity index (χ3v) is 13.7. The van der Waals surface area contributed by atoms with Gasteiger partial charge in [0.1, 0.15) is 0 Å². The van der Waals surface area contributed by atoms with E-state index in [1.807, 2.05) is 0 Å². The molecule has 4 heteroatoms. The number of hydrogen-bond acceptors (Lipinski definition) is 2. The Morgan fingerprint density at radius 3 is 1.77 bits per heavy atom. The van der Waals surface area contributed by atoms with Crippen molar-refractivity contribution in [2.24, 2.45) is 15.9 Å². The Kier molecular flexibility index (Phi) is 8.29. The van der Waals surface area contributed by atoms with E-state index in [4.69, 9.17) is 9.98 Å². The zero-order chi connectivity index (χ0) is 42.3. The van der Waals surface area contributed by atoms with Crippen molar-refractivity contribution in [2.45, 2.75) is 19.4 Å². The number of benzene rings is 10. The van der Waals surface area contributed by atoms with Crippen molar-refractivity contribution in [3.05, 3.63) is 229 Å². The predicted octanol–water partition coefficient (Wildman–Crippen LogP) is 15.4. The fourth-order valence-corrected chi connectivity index (χ4v) is 10.7. The molecule has 0 radical (unpaired) electrons. The summed E-state index contributed by atoms with van der Waals surface area (Å²) in [6, 6.07) is 77.4. The molecule has 10 aromatic carbocycles. The van der Waals surface area contributed by atoms with Crippen LogP contribution in [-0.4, -0.2) is 20.7 Å².